The monoisotopic (exact) mass is 770 g/mol. The van der Waals surface area contributed by atoms with E-state index in [2.05, 4.69) is 213 Å². The molecule has 6 heteroatoms. The third-order valence-electron chi connectivity index (χ3n) is 9.18. The molecule has 0 aliphatic rings. The Labute approximate surface area is 317 Å². The minimum atomic E-state index is 0.952. The Balaban J connectivity index is 0.000000139. The Kier molecular flexibility index (Phi) is 13.5. The van der Waals surface area contributed by atoms with Crippen LogP contribution in [0.25, 0.3) is 54.6 Å². The van der Waals surface area contributed by atoms with Gasteiger partial charge >= 0.3 is 0 Å². The first kappa shape index (κ1) is 37.9. The number of fused-ring (bicyclic) bond motifs is 3. The van der Waals surface area contributed by atoms with Crippen molar-refractivity contribution in [3.8, 4) is 22.3 Å². The molecule has 0 heterocycles. The van der Waals surface area contributed by atoms with Crippen LogP contribution in [0, 0.1) is 0 Å². The molecule has 0 aliphatic carbocycles. The minimum Gasteiger partial charge on any atom is -0.133 e. The maximum Gasteiger partial charge on any atom is -0.00245 e. The van der Waals surface area contributed by atoms with Gasteiger partial charge < -0.3 is 0 Å². The average Bonchev–Trinajstić information content (AvgIpc) is 3.18. The fourth-order valence-electron chi connectivity index (χ4n) is 6.67. The van der Waals surface area contributed by atoms with Crippen LogP contribution in [-0.2, 0) is 18.5 Å². The van der Waals surface area contributed by atoms with Crippen molar-refractivity contribution < 1.29 is 0 Å². The smallest absolute Gasteiger partial charge is 0.00245 e. The zero-order valence-electron chi connectivity index (χ0n) is 28.6. The summed E-state index contributed by atoms with van der Waals surface area (Å²) in [5.74, 6) is 0. The van der Waals surface area contributed by atoms with Crippen molar-refractivity contribution in [2.24, 2.45) is 0 Å². The van der Waals surface area contributed by atoms with E-state index in [1.165, 1.54) is 87.2 Å². The molecule has 6 atom stereocenters. The highest BCUT2D eigenvalue weighted by atomic mass is 31.0. The molecular weight excluding hydrogens is 726 g/mol. The number of hydrogen-bond acceptors (Lipinski definition) is 0. The van der Waals surface area contributed by atoms with Crippen LogP contribution in [0.15, 0.2) is 158 Å². The van der Waals surface area contributed by atoms with E-state index in [-0.39, 0.29) is 0 Å². The molecule has 0 amide bonds. The third kappa shape index (κ3) is 8.68. The summed E-state index contributed by atoms with van der Waals surface area (Å²) < 4.78 is 0. The summed E-state index contributed by atoms with van der Waals surface area (Å²) in [6.07, 6.45) is 2.96. The maximum atomic E-state index is 2.92. The van der Waals surface area contributed by atoms with E-state index in [0.29, 0.717) is 0 Å². The van der Waals surface area contributed by atoms with Crippen molar-refractivity contribution >= 4 is 104 Å². The van der Waals surface area contributed by atoms with Crippen LogP contribution in [0.3, 0.4) is 0 Å². The fraction of sp³-hybridized carbons (Fsp3) is 0.0667. The fourth-order valence-corrected chi connectivity index (χ4v) is 8.93. The average molecular weight is 771 g/mol. The Hall–Kier alpha value is -2.88. The van der Waals surface area contributed by atoms with Crippen LogP contribution < -0.4 is 15.9 Å². The molecule has 254 valence electrons. The third-order valence-corrected chi connectivity index (χ3v) is 12.0. The lowest BCUT2D eigenvalue weighted by Crippen LogP contribution is -2.01. The first-order valence-corrected chi connectivity index (χ1v) is 21.2. The molecule has 0 saturated carbocycles. The molecule has 0 aromatic heterocycles. The van der Waals surface area contributed by atoms with E-state index in [0.717, 1.165) is 18.5 Å². The van der Waals surface area contributed by atoms with Gasteiger partial charge in [-0.05, 0) is 106 Å². The highest BCUT2D eigenvalue weighted by Crippen LogP contribution is 2.37. The zero-order chi connectivity index (χ0) is 35.7. The molecule has 0 bridgehead atoms. The Morgan fingerprint density at radius 3 is 1.47 bits per heavy atom. The second-order valence-corrected chi connectivity index (χ2v) is 15.4. The summed E-state index contributed by atoms with van der Waals surface area (Å²) in [5, 5.41) is 11.7. The van der Waals surface area contributed by atoms with Gasteiger partial charge in [0.1, 0.15) is 0 Å². The van der Waals surface area contributed by atoms with Crippen molar-refractivity contribution in [1.82, 2.24) is 0 Å². The predicted molar refractivity (Wildman–Crippen MR) is 251 cm³/mol. The van der Waals surface area contributed by atoms with Crippen LogP contribution >= 0.6 is 55.4 Å². The van der Waals surface area contributed by atoms with Crippen LogP contribution in [0.2, 0.25) is 0 Å². The number of rotatable bonds is 5. The molecule has 8 rings (SSSR count). The summed E-state index contributed by atoms with van der Waals surface area (Å²) in [5.41, 5.74) is 9.47. The van der Waals surface area contributed by atoms with Gasteiger partial charge in [-0.25, -0.2) is 0 Å². The zero-order valence-corrected chi connectivity index (χ0v) is 35.5. The first-order valence-electron chi connectivity index (χ1n) is 17.0. The molecule has 0 N–H and O–H groups in total. The van der Waals surface area contributed by atoms with Gasteiger partial charge in [0.05, 0.1) is 0 Å². The van der Waals surface area contributed by atoms with E-state index >= 15 is 0 Å². The van der Waals surface area contributed by atoms with E-state index in [4.69, 9.17) is 0 Å². The molecular formula is C45H44P6. The van der Waals surface area contributed by atoms with Crippen molar-refractivity contribution in [2.45, 2.75) is 18.5 Å². The number of benzene rings is 8. The van der Waals surface area contributed by atoms with E-state index < -0.39 is 0 Å². The van der Waals surface area contributed by atoms with Crippen LogP contribution in [0.5, 0.6) is 0 Å². The predicted octanol–water partition coefficient (Wildman–Crippen LogP) is 11.5. The van der Waals surface area contributed by atoms with Gasteiger partial charge in [-0.15, -0.1) is 55.4 Å². The number of hydrogen-bond donors (Lipinski definition) is 0. The van der Waals surface area contributed by atoms with Gasteiger partial charge in [0, 0.05) is 0 Å². The quantitative estimate of drug-likeness (QED) is 0.153. The molecule has 0 radical (unpaired) electrons. The first-order chi connectivity index (χ1) is 24.9. The van der Waals surface area contributed by atoms with Crippen molar-refractivity contribution in [3.05, 3.63) is 174 Å². The second kappa shape index (κ2) is 18.2. The van der Waals surface area contributed by atoms with E-state index in [1.54, 1.807) is 0 Å². The van der Waals surface area contributed by atoms with Crippen LogP contribution in [-0.4, -0.2) is 0 Å². The highest BCUT2D eigenvalue weighted by Gasteiger charge is 2.14. The Morgan fingerprint density at radius 1 is 0.314 bits per heavy atom. The van der Waals surface area contributed by atoms with Crippen molar-refractivity contribution in [1.29, 1.82) is 0 Å². The molecule has 6 unspecified atom stereocenters. The second-order valence-electron chi connectivity index (χ2n) is 12.3. The normalized spacial score (nSPS) is 10.8. The van der Waals surface area contributed by atoms with Crippen LogP contribution in [0.1, 0.15) is 16.7 Å². The summed E-state index contributed by atoms with van der Waals surface area (Å²) in [7, 11) is 17.0. The van der Waals surface area contributed by atoms with Gasteiger partial charge in [-0.3, -0.25) is 0 Å². The van der Waals surface area contributed by atoms with E-state index in [9.17, 15) is 0 Å². The molecule has 0 saturated heterocycles. The van der Waals surface area contributed by atoms with Gasteiger partial charge in [-0.1, -0.05) is 158 Å². The standard InChI is InChI=1S/C21H18P2.C13H14P2.C11H12P2/c22-13-16-10-9-14-5-1-3-7-17(14)20(16)21-18-8-4-2-6-15(18)11-12-19(21)23;14-9-10-5-1-2-6-11(10)12-7-3-4-8-13(12)15;12-7-9-5-1-3-8-4-2-6-10(13)11(8)9/h1-12H,13,22-23H2;1-8H,9,14-15H2;1-6H,7,12-13H2. The van der Waals surface area contributed by atoms with Crippen LogP contribution in [0.4, 0.5) is 0 Å². The Bertz CT molecular complexity index is 2430. The molecule has 8 aromatic carbocycles. The molecule has 0 spiro atoms. The molecule has 0 aliphatic heterocycles. The Morgan fingerprint density at radius 2 is 0.804 bits per heavy atom. The SMILES string of the molecule is PCc1ccc2ccccc2c1-c1c(P)ccc2ccccc12.PCc1cccc2cccc(P)c12.PCc1ccccc1-c1ccccc1P. The molecule has 0 nitrogen and oxygen atoms in total. The topological polar surface area (TPSA) is 0 Å². The summed E-state index contributed by atoms with van der Waals surface area (Å²) >= 11 is 0. The lowest BCUT2D eigenvalue weighted by atomic mass is 9.90. The van der Waals surface area contributed by atoms with Gasteiger partial charge in [0.15, 0.2) is 0 Å². The van der Waals surface area contributed by atoms with Gasteiger partial charge in [0.2, 0.25) is 0 Å². The molecule has 0 fully saturated rings. The molecule has 8 aromatic rings. The maximum absolute atomic E-state index is 2.92. The largest absolute Gasteiger partial charge is 0.133 e. The van der Waals surface area contributed by atoms with Gasteiger partial charge in [0.25, 0.3) is 0 Å². The molecule has 51 heavy (non-hydrogen) atoms. The summed E-state index contributed by atoms with van der Waals surface area (Å²) in [6, 6.07) is 56.1. The summed E-state index contributed by atoms with van der Waals surface area (Å²) in [6.45, 7) is 0. The van der Waals surface area contributed by atoms with Crippen molar-refractivity contribution in [3.63, 3.8) is 0 Å². The summed E-state index contributed by atoms with van der Waals surface area (Å²) in [4.78, 5) is 0. The minimum absolute atomic E-state index is 0.952. The highest BCUT2D eigenvalue weighted by molar-refractivity contribution is 7.28. The van der Waals surface area contributed by atoms with E-state index in [1.807, 2.05) is 0 Å². The van der Waals surface area contributed by atoms with Gasteiger partial charge in [-0.2, -0.15) is 0 Å². The van der Waals surface area contributed by atoms with Crippen molar-refractivity contribution in [2.75, 3.05) is 0 Å². The lowest BCUT2D eigenvalue weighted by molar-refractivity contribution is 1.42. The lowest BCUT2D eigenvalue weighted by Gasteiger charge is -2.17.